The van der Waals surface area contributed by atoms with Gasteiger partial charge in [0.15, 0.2) is 0 Å². The average Bonchev–Trinajstić information content (AvgIpc) is 3.03. The molecule has 1 aromatic rings. The minimum Gasteiger partial charge on any atom is -0.356 e. The molecular weight excluding hydrogens is 328 g/mol. The summed E-state index contributed by atoms with van der Waals surface area (Å²) in [5.74, 6) is 0.875. The van der Waals surface area contributed by atoms with Gasteiger partial charge in [-0.15, -0.1) is 0 Å². The largest absolute Gasteiger partial charge is 0.356 e. The van der Waals surface area contributed by atoms with Crippen LogP contribution in [0.15, 0.2) is 16.8 Å². The number of likely N-dealkylation sites (tertiary alicyclic amines) is 1. The Kier molecular flexibility index (Phi) is 7.81. The average molecular weight is 363 g/mol. The Labute approximate surface area is 157 Å². The van der Waals surface area contributed by atoms with Crippen molar-refractivity contribution in [1.29, 1.82) is 0 Å². The summed E-state index contributed by atoms with van der Waals surface area (Å²) in [6.07, 6.45) is 12.9. The number of nitrogens with one attached hydrogen (secondary N) is 1. The molecule has 1 aliphatic heterocycles. The highest BCUT2D eigenvalue weighted by Crippen LogP contribution is 2.37. The fourth-order valence-electron chi connectivity index (χ4n) is 4.54. The summed E-state index contributed by atoms with van der Waals surface area (Å²) in [4.78, 5) is 15.5. The van der Waals surface area contributed by atoms with Crippen LogP contribution < -0.4 is 5.32 Å². The number of carbonyl (C=O) groups excluding carboxylic acids is 1. The van der Waals surface area contributed by atoms with Gasteiger partial charge in [0.2, 0.25) is 5.91 Å². The second-order valence-corrected chi connectivity index (χ2v) is 8.61. The van der Waals surface area contributed by atoms with E-state index >= 15 is 0 Å². The molecule has 0 spiro atoms. The zero-order chi connectivity index (χ0) is 17.3. The van der Waals surface area contributed by atoms with Crippen LogP contribution in [0.1, 0.15) is 75.7 Å². The first-order valence-electron chi connectivity index (χ1n) is 10.4. The molecule has 1 amide bonds. The molecule has 0 radical (unpaired) electrons. The number of amides is 1. The van der Waals surface area contributed by atoms with E-state index in [4.69, 9.17) is 0 Å². The summed E-state index contributed by atoms with van der Waals surface area (Å²) in [6.45, 7) is 4.44. The number of rotatable bonds is 7. The highest BCUT2D eigenvalue weighted by molar-refractivity contribution is 7.08. The molecule has 0 bridgehead atoms. The van der Waals surface area contributed by atoms with Gasteiger partial charge in [0.1, 0.15) is 0 Å². The maximum atomic E-state index is 12.9. The molecule has 1 saturated heterocycles. The summed E-state index contributed by atoms with van der Waals surface area (Å²) < 4.78 is 0. The first kappa shape index (κ1) is 18.9. The Morgan fingerprint density at radius 1 is 1.12 bits per heavy atom. The Morgan fingerprint density at radius 3 is 2.52 bits per heavy atom. The van der Waals surface area contributed by atoms with Crippen molar-refractivity contribution in [3.63, 3.8) is 0 Å². The number of hydrogen-bond donors (Lipinski definition) is 1. The predicted octanol–water partition coefficient (Wildman–Crippen LogP) is 4.79. The quantitative estimate of drug-likeness (QED) is 0.707. The van der Waals surface area contributed by atoms with Crippen LogP contribution in [0.25, 0.3) is 0 Å². The van der Waals surface area contributed by atoms with Gasteiger partial charge in [0, 0.05) is 6.54 Å². The van der Waals surface area contributed by atoms with Gasteiger partial charge in [0.25, 0.3) is 0 Å². The van der Waals surface area contributed by atoms with E-state index in [1.807, 2.05) is 0 Å². The summed E-state index contributed by atoms with van der Waals surface area (Å²) >= 11 is 1.71. The molecule has 25 heavy (non-hydrogen) atoms. The van der Waals surface area contributed by atoms with Gasteiger partial charge in [-0.2, -0.15) is 11.3 Å². The molecule has 1 N–H and O–H groups in total. The highest BCUT2D eigenvalue weighted by Gasteiger charge is 2.30. The lowest BCUT2D eigenvalue weighted by Gasteiger charge is -2.29. The van der Waals surface area contributed by atoms with Crippen LogP contribution >= 0.6 is 11.3 Å². The van der Waals surface area contributed by atoms with Crippen molar-refractivity contribution in [3.05, 3.63) is 22.4 Å². The molecule has 1 aromatic heterocycles. The Bertz CT molecular complexity index is 488. The van der Waals surface area contributed by atoms with Crippen LogP contribution in [0.3, 0.4) is 0 Å². The van der Waals surface area contributed by atoms with Crippen LogP contribution in [-0.2, 0) is 4.79 Å². The van der Waals surface area contributed by atoms with Crippen molar-refractivity contribution >= 4 is 17.2 Å². The van der Waals surface area contributed by atoms with Crippen molar-refractivity contribution in [2.45, 2.75) is 70.1 Å². The smallest absolute Gasteiger partial charge is 0.227 e. The van der Waals surface area contributed by atoms with E-state index in [-0.39, 0.29) is 11.8 Å². The fraction of sp³-hybridized carbons (Fsp3) is 0.762. The van der Waals surface area contributed by atoms with Crippen molar-refractivity contribution in [1.82, 2.24) is 10.2 Å². The molecule has 2 fully saturated rings. The number of carbonyl (C=O) groups is 1. The van der Waals surface area contributed by atoms with E-state index in [1.165, 1.54) is 76.4 Å². The van der Waals surface area contributed by atoms with E-state index in [0.29, 0.717) is 5.92 Å². The molecular formula is C21H34N2OS. The Morgan fingerprint density at radius 2 is 1.84 bits per heavy atom. The monoisotopic (exact) mass is 362 g/mol. The van der Waals surface area contributed by atoms with Gasteiger partial charge < -0.3 is 10.2 Å². The van der Waals surface area contributed by atoms with E-state index in [1.54, 1.807) is 11.3 Å². The first-order chi connectivity index (χ1) is 12.3. The van der Waals surface area contributed by atoms with Crippen LogP contribution in [0.4, 0.5) is 0 Å². The van der Waals surface area contributed by atoms with E-state index < -0.39 is 0 Å². The topological polar surface area (TPSA) is 32.3 Å². The summed E-state index contributed by atoms with van der Waals surface area (Å²) in [5, 5.41) is 7.55. The second kappa shape index (κ2) is 10.3. The molecule has 1 saturated carbocycles. The zero-order valence-electron chi connectivity index (χ0n) is 15.5. The Hall–Kier alpha value is -0.870. The SMILES string of the molecule is O=C(NCCCN1CCCCCC1)C(c1ccsc1)C1CCCCC1. The molecule has 1 unspecified atom stereocenters. The van der Waals surface area contributed by atoms with E-state index in [9.17, 15) is 4.79 Å². The van der Waals surface area contributed by atoms with Crippen molar-refractivity contribution in [3.8, 4) is 0 Å². The lowest BCUT2D eigenvalue weighted by molar-refractivity contribution is -0.124. The first-order valence-corrected chi connectivity index (χ1v) is 11.3. The minimum atomic E-state index is 0.0738. The molecule has 140 valence electrons. The molecule has 3 rings (SSSR count). The summed E-state index contributed by atoms with van der Waals surface area (Å²) in [7, 11) is 0. The number of thiophene rings is 1. The Balaban J connectivity index is 1.46. The van der Waals surface area contributed by atoms with Crippen molar-refractivity contribution < 1.29 is 4.79 Å². The predicted molar refractivity (Wildman–Crippen MR) is 106 cm³/mol. The number of hydrogen-bond acceptors (Lipinski definition) is 3. The van der Waals surface area contributed by atoms with E-state index in [0.717, 1.165) is 19.5 Å². The molecule has 2 heterocycles. The molecule has 1 atom stereocenters. The highest BCUT2D eigenvalue weighted by atomic mass is 32.1. The second-order valence-electron chi connectivity index (χ2n) is 7.83. The molecule has 0 aromatic carbocycles. The van der Waals surface area contributed by atoms with Crippen LogP contribution in [-0.4, -0.2) is 37.0 Å². The normalized spacial score (nSPS) is 21.6. The summed E-state index contributed by atoms with van der Waals surface area (Å²) in [6, 6.07) is 2.15. The van der Waals surface area contributed by atoms with Gasteiger partial charge >= 0.3 is 0 Å². The molecule has 3 nitrogen and oxygen atoms in total. The van der Waals surface area contributed by atoms with Gasteiger partial charge in [0.05, 0.1) is 5.92 Å². The van der Waals surface area contributed by atoms with Gasteiger partial charge in [-0.25, -0.2) is 0 Å². The third kappa shape index (κ3) is 5.82. The van der Waals surface area contributed by atoms with E-state index in [2.05, 4.69) is 27.0 Å². The fourth-order valence-corrected chi connectivity index (χ4v) is 5.24. The van der Waals surface area contributed by atoms with Gasteiger partial charge in [-0.3, -0.25) is 4.79 Å². The van der Waals surface area contributed by atoms with Crippen LogP contribution in [0, 0.1) is 5.92 Å². The number of nitrogens with zero attached hydrogens (tertiary/aromatic N) is 1. The lowest BCUT2D eigenvalue weighted by Crippen LogP contribution is -2.36. The standard InChI is InChI=1S/C21H34N2OS/c24-21(22-12-8-15-23-13-6-1-2-7-14-23)20(19-11-16-25-17-19)18-9-4-3-5-10-18/h11,16-18,20H,1-10,12-15H2,(H,22,24). The maximum absolute atomic E-state index is 12.9. The molecule has 4 heteroatoms. The third-order valence-electron chi connectivity index (χ3n) is 5.96. The maximum Gasteiger partial charge on any atom is 0.227 e. The molecule has 1 aliphatic carbocycles. The van der Waals surface area contributed by atoms with Gasteiger partial charge in [-0.05, 0) is 80.0 Å². The van der Waals surface area contributed by atoms with Crippen molar-refractivity contribution in [2.24, 2.45) is 5.92 Å². The van der Waals surface area contributed by atoms with Crippen molar-refractivity contribution in [2.75, 3.05) is 26.2 Å². The van der Waals surface area contributed by atoms with Crippen LogP contribution in [0.5, 0.6) is 0 Å². The minimum absolute atomic E-state index is 0.0738. The van der Waals surface area contributed by atoms with Gasteiger partial charge in [-0.1, -0.05) is 32.1 Å². The summed E-state index contributed by atoms with van der Waals surface area (Å²) in [5.41, 5.74) is 1.24. The zero-order valence-corrected chi connectivity index (χ0v) is 16.4. The molecule has 2 aliphatic rings. The van der Waals surface area contributed by atoms with Crippen LogP contribution in [0.2, 0.25) is 0 Å². The third-order valence-corrected chi connectivity index (χ3v) is 6.66. The lowest BCUT2D eigenvalue weighted by atomic mass is 9.77.